The van der Waals surface area contributed by atoms with Crippen molar-refractivity contribution >= 4 is 11.8 Å². The summed E-state index contributed by atoms with van der Waals surface area (Å²) in [6.07, 6.45) is 14.2. The van der Waals surface area contributed by atoms with Crippen LogP contribution in [-0.4, -0.2) is 45.8 Å². The summed E-state index contributed by atoms with van der Waals surface area (Å²) >= 11 is 0. The number of nitrogens with one attached hydrogen (secondary N) is 1. The van der Waals surface area contributed by atoms with Crippen LogP contribution >= 0.6 is 0 Å². The number of amides is 2. The van der Waals surface area contributed by atoms with Crippen molar-refractivity contribution in [2.24, 2.45) is 5.92 Å². The van der Waals surface area contributed by atoms with Gasteiger partial charge in [0.1, 0.15) is 5.69 Å². The van der Waals surface area contributed by atoms with Crippen LogP contribution in [0.1, 0.15) is 68.3 Å². The highest BCUT2D eigenvalue weighted by Gasteiger charge is 2.25. The maximum atomic E-state index is 12.6. The monoisotopic (exact) mass is 344 g/mol. The zero-order chi connectivity index (χ0) is 17.5. The Morgan fingerprint density at radius 1 is 1.04 bits per heavy atom. The highest BCUT2D eigenvalue weighted by Crippen LogP contribution is 2.27. The summed E-state index contributed by atoms with van der Waals surface area (Å²) in [7, 11) is 0. The lowest BCUT2D eigenvalue weighted by Gasteiger charge is -2.26. The molecule has 1 aliphatic carbocycles. The van der Waals surface area contributed by atoms with Gasteiger partial charge in [0.15, 0.2) is 0 Å². The summed E-state index contributed by atoms with van der Waals surface area (Å²) in [4.78, 5) is 34.8. The maximum absolute atomic E-state index is 12.6. The van der Waals surface area contributed by atoms with Crippen LogP contribution < -0.4 is 5.32 Å². The molecule has 0 bridgehead atoms. The molecule has 6 heteroatoms. The largest absolute Gasteiger partial charge is 0.348 e. The van der Waals surface area contributed by atoms with Crippen LogP contribution in [-0.2, 0) is 4.79 Å². The van der Waals surface area contributed by atoms with Crippen LogP contribution in [0.2, 0.25) is 0 Å². The van der Waals surface area contributed by atoms with E-state index in [2.05, 4.69) is 15.3 Å². The van der Waals surface area contributed by atoms with Crippen molar-refractivity contribution in [2.45, 2.75) is 63.8 Å². The standard InChI is InChI=1S/C19H28N4O2/c24-18(13-15-5-2-1-3-6-15)23-11-4-7-16(8-12-23)22-19(25)17-14-20-9-10-21-17/h9-10,14-16H,1-8,11-13H2,(H,22,25). The van der Waals surface area contributed by atoms with Gasteiger partial charge in [-0.2, -0.15) is 0 Å². The Bertz CT molecular complexity index is 572. The summed E-state index contributed by atoms with van der Waals surface area (Å²) in [5.41, 5.74) is 0.344. The Labute approximate surface area is 149 Å². The predicted octanol–water partition coefficient (Wildman–Crippen LogP) is 2.56. The van der Waals surface area contributed by atoms with Crippen LogP contribution in [0.5, 0.6) is 0 Å². The quantitative estimate of drug-likeness (QED) is 0.911. The van der Waals surface area contributed by atoms with E-state index in [0.717, 1.165) is 32.4 Å². The van der Waals surface area contributed by atoms with Gasteiger partial charge in [-0.25, -0.2) is 4.98 Å². The van der Waals surface area contributed by atoms with Crippen molar-refractivity contribution in [1.82, 2.24) is 20.2 Å². The smallest absolute Gasteiger partial charge is 0.271 e. The van der Waals surface area contributed by atoms with Crippen LogP contribution in [0, 0.1) is 5.92 Å². The molecule has 0 aromatic carbocycles. The van der Waals surface area contributed by atoms with Gasteiger partial charge >= 0.3 is 0 Å². The molecule has 6 nitrogen and oxygen atoms in total. The van der Waals surface area contributed by atoms with E-state index in [-0.39, 0.29) is 11.9 Å². The lowest BCUT2D eigenvalue weighted by Crippen LogP contribution is -2.37. The molecular weight excluding hydrogens is 316 g/mol. The molecular formula is C19H28N4O2. The van der Waals surface area contributed by atoms with Crippen molar-refractivity contribution in [2.75, 3.05) is 13.1 Å². The first-order valence-corrected chi connectivity index (χ1v) is 9.57. The number of rotatable bonds is 4. The topological polar surface area (TPSA) is 75.2 Å². The molecule has 3 rings (SSSR count). The van der Waals surface area contributed by atoms with Gasteiger partial charge in [-0.3, -0.25) is 14.6 Å². The third-order valence-electron chi connectivity index (χ3n) is 5.40. The molecule has 1 N–H and O–H groups in total. The highest BCUT2D eigenvalue weighted by atomic mass is 16.2. The first-order chi connectivity index (χ1) is 12.2. The molecule has 1 aliphatic heterocycles. The first kappa shape index (κ1) is 17.8. The van der Waals surface area contributed by atoms with E-state index in [1.807, 2.05) is 4.90 Å². The normalized spacial score (nSPS) is 22.2. The molecule has 2 amide bonds. The zero-order valence-corrected chi connectivity index (χ0v) is 14.8. The second-order valence-corrected chi connectivity index (χ2v) is 7.28. The Hall–Kier alpha value is -1.98. The summed E-state index contributed by atoms with van der Waals surface area (Å²) in [6.45, 7) is 1.54. The second-order valence-electron chi connectivity index (χ2n) is 7.28. The van der Waals surface area contributed by atoms with Gasteiger partial charge < -0.3 is 10.2 Å². The summed E-state index contributed by atoms with van der Waals surface area (Å²) in [5, 5.41) is 3.04. The molecule has 1 saturated heterocycles. The Morgan fingerprint density at radius 3 is 2.64 bits per heavy atom. The number of likely N-dealkylation sites (tertiary alicyclic amines) is 1. The third kappa shape index (κ3) is 5.25. The lowest BCUT2D eigenvalue weighted by atomic mass is 9.86. The zero-order valence-electron chi connectivity index (χ0n) is 14.8. The van der Waals surface area contributed by atoms with E-state index in [0.29, 0.717) is 23.9 Å². The predicted molar refractivity (Wildman–Crippen MR) is 94.9 cm³/mol. The number of carbonyl (C=O) groups excluding carboxylic acids is 2. The van der Waals surface area contributed by atoms with Crippen LogP contribution in [0.3, 0.4) is 0 Å². The molecule has 2 aliphatic rings. The maximum Gasteiger partial charge on any atom is 0.271 e. The van der Waals surface area contributed by atoms with Gasteiger partial charge in [0.05, 0.1) is 6.20 Å². The molecule has 1 saturated carbocycles. The molecule has 1 aromatic heterocycles. The minimum Gasteiger partial charge on any atom is -0.348 e. The van der Waals surface area contributed by atoms with Crippen LogP contribution in [0.4, 0.5) is 0 Å². The molecule has 2 heterocycles. The molecule has 0 radical (unpaired) electrons. The number of nitrogens with zero attached hydrogens (tertiary/aromatic N) is 3. The van der Waals surface area contributed by atoms with Gasteiger partial charge in [-0.15, -0.1) is 0 Å². The molecule has 1 unspecified atom stereocenters. The van der Waals surface area contributed by atoms with Crippen molar-refractivity contribution in [3.8, 4) is 0 Å². The lowest BCUT2D eigenvalue weighted by molar-refractivity contribution is -0.132. The molecule has 1 aromatic rings. The first-order valence-electron chi connectivity index (χ1n) is 9.57. The number of hydrogen-bond acceptors (Lipinski definition) is 4. The number of carbonyl (C=O) groups is 2. The molecule has 2 fully saturated rings. The van der Waals surface area contributed by atoms with E-state index < -0.39 is 0 Å². The van der Waals surface area contributed by atoms with Crippen molar-refractivity contribution in [3.63, 3.8) is 0 Å². The molecule has 0 spiro atoms. The van der Waals surface area contributed by atoms with Crippen LogP contribution in [0.25, 0.3) is 0 Å². The van der Waals surface area contributed by atoms with E-state index in [9.17, 15) is 9.59 Å². The molecule has 136 valence electrons. The van der Waals surface area contributed by atoms with Gasteiger partial charge in [0.25, 0.3) is 5.91 Å². The SMILES string of the molecule is O=C(NC1CCCN(C(=O)CC2CCCCC2)CC1)c1cnccn1. The fraction of sp³-hybridized carbons (Fsp3) is 0.684. The molecule has 1 atom stereocenters. The summed E-state index contributed by atoms with van der Waals surface area (Å²) < 4.78 is 0. The molecule has 25 heavy (non-hydrogen) atoms. The van der Waals surface area contributed by atoms with Gasteiger partial charge in [0, 0.05) is 37.9 Å². The number of aromatic nitrogens is 2. The van der Waals surface area contributed by atoms with E-state index in [1.165, 1.54) is 44.5 Å². The fourth-order valence-electron chi connectivity index (χ4n) is 3.93. The van der Waals surface area contributed by atoms with Crippen molar-refractivity contribution in [3.05, 3.63) is 24.3 Å². The Kier molecular flexibility index (Phi) is 6.36. The summed E-state index contributed by atoms with van der Waals surface area (Å²) in [6, 6.07) is 0.0991. The fourth-order valence-corrected chi connectivity index (χ4v) is 3.93. The van der Waals surface area contributed by atoms with E-state index in [4.69, 9.17) is 0 Å². The average Bonchev–Trinajstić information content (AvgIpc) is 2.89. The summed E-state index contributed by atoms with van der Waals surface area (Å²) in [5.74, 6) is 0.699. The van der Waals surface area contributed by atoms with Gasteiger partial charge in [-0.1, -0.05) is 19.3 Å². The minimum absolute atomic E-state index is 0.0991. The van der Waals surface area contributed by atoms with Crippen LogP contribution in [0.15, 0.2) is 18.6 Å². The van der Waals surface area contributed by atoms with E-state index in [1.54, 1.807) is 6.20 Å². The second kappa shape index (κ2) is 8.92. The van der Waals surface area contributed by atoms with Gasteiger partial charge in [-0.05, 0) is 38.0 Å². The Balaban J connectivity index is 1.46. The van der Waals surface area contributed by atoms with Gasteiger partial charge in [0.2, 0.25) is 5.91 Å². The highest BCUT2D eigenvalue weighted by molar-refractivity contribution is 5.92. The van der Waals surface area contributed by atoms with Crippen molar-refractivity contribution < 1.29 is 9.59 Å². The van der Waals surface area contributed by atoms with Crippen molar-refractivity contribution in [1.29, 1.82) is 0 Å². The van der Waals surface area contributed by atoms with E-state index >= 15 is 0 Å². The number of hydrogen-bond donors (Lipinski definition) is 1. The third-order valence-corrected chi connectivity index (χ3v) is 5.40. The average molecular weight is 344 g/mol. The minimum atomic E-state index is -0.180. The Morgan fingerprint density at radius 2 is 1.88 bits per heavy atom.